The molecule has 0 saturated heterocycles. The van der Waals surface area contributed by atoms with Crippen molar-refractivity contribution in [2.75, 3.05) is 32.1 Å². The number of urea groups is 1. The maximum atomic E-state index is 12.7. The van der Waals surface area contributed by atoms with Crippen molar-refractivity contribution in [2.24, 2.45) is 0 Å². The van der Waals surface area contributed by atoms with E-state index in [0.29, 0.717) is 19.6 Å². The van der Waals surface area contributed by atoms with Gasteiger partial charge >= 0.3 is 6.03 Å². The van der Waals surface area contributed by atoms with E-state index in [-0.39, 0.29) is 6.03 Å². The van der Waals surface area contributed by atoms with E-state index >= 15 is 0 Å². The lowest BCUT2D eigenvalue weighted by molar-refractivity contribution is 0.210. The lowest BCUT2D eigenvalue weighted by atomic mass is 10.0. The molecule has 152 valence electrons. The van der Waals surface area contributed by atoms with Crippen LogP contribution in [0.4, 0.5) is 10.5 Å². The number of hydrogen-bond acceptors (Lipinski definition) is 3. The normalized spacial score (nSPS) is 13.1. The first-order chi connectivity index (χ1) is 14.6. The zero-order valence-electron chi connectivity index (χ0n) is 17.4. The summed E-state index contributed by atoms with van der Waals surface area (Å²) < 4.78 is 0. The van der Waals surface area contributed by atoms with Crippen molar-refractivity contribution in [2.45, 2.75) is 6.54 Å². The van der Waals surface area contributed by atoms with Gasteiger partial charge in [0.15, 0.2) is 0 Å². The molecule has 4 rings (SSSR count). The van der Waals surface area contributed by atoms with Gasteiger partial charge in [-0.3, -0.25) is 4.98 Å². The molecule has 0 unspecified atom stereocenters. The van der Waals surface area contributed by atoms with Crippen LogP contribution in [0.3, 0.4) is 0 Å². The first-order valence-electron chi connectivity index (χ1n) is 10.1. The van der Waals surface area contributed by atoms with E-state index in [1.165, 1.54) is 16.8 Å². The Bertz CT molecular complexity index is 1040. The molecule has 1 aliphatic rings. The Labute approximate surface area is 177 Å². The van der Waals surface area contributed by atoms with Crippen LogP contribution in [0.5, 0.6) is 0 Å². The lowest BCUT2D eigenvalue weighted by Crippen LogP contribution is -2.38. The summed E-state index contributed by atoms with van der Waals surface area (Å²) in [6.07, 6.45) is 5.75. The van der Waals surface area contributed by atoms with Crippen LogP contribution in [-0.4, -0.2) is 43.1 Å². The molecule has 0 bridgehead atoms. The molecular formula is C25H26N4O. The number of aromatic nitrogens is 1. The van der Waals surface area contributed by atoms with E-state index < -0.39 is 0 Å². The zero-order chi connectivity index (χ0) is 20.9. The maximum Gasteiger partial charge on any atom is 0.318 e. The summed E-state index contributed by atoms with van der Waals surface area (Å²) in [7, 11) is 4.06. The number of amides is 2. The van der Waals surface area contributed by atoms with Gasteiger partial charge in [0, 0.05) is 51.8 Å². The quantitative estimate of drug-likeness (QED) is 0.692. The maximum absolute atomic E-state index is 12.7. The molecule has 2 aromatic carbocycles. The summed E-state index contributed by atoms with van der Waals surface area (Å²) in [5.74, 6) is 0. The molecule has 0 radical (unpaired) electrons. The van der Waals surface area contributed by atoms with Crippen molar-refractivity contribution < 1.29 is 4.79 Å². The molecule has 2 heterocycles. The highest BCUT2D eigenvalue weighted by Crippen LogP contribution is 2.24. The molecule has 30 heavy (non-hydrogen) atoms. The van der Waals surface area contributed by atoms with Crippen LogP contribution >= 0.6 is 0 Å². The average molecular weight is 399 g/mol. The van der Waals surface area contributed by atoms with Gasteiger partial charge in [0.2, 0.25) is 0 Å². The number of pyridine rings is 1. The van der Waals surface area contributed by atoms with Gasteiger partial charge in [0.1, 0.15) is 0 Å². The number of carbonyl (C=O) groups excluding carboxylic acids is 1. The Kier molecular flexibility index (Phi) is 5.80. The Balaban J connectivity index is 1.33. The SMILES string of the molecule is CN(C)c1ccc(C2=CCN(C(=O)NCc3cccc(-c4cccnc4)c3)C2)cc1. The van der Waals surface area contributed by atoms with E-state index in [1.807, 2.05) is 49.5 Å². The van der Waals surface area contributed by atoms with Gasteiger partial charge in [0.25, 0.3) is 0 Å². The Morgan fingerprint density at radius 3 is 2.57 bits per heavy atom. The third kappa shape index (κ3) is 4.51. The molecule has 3 aromatic rings. The predicted octanol–water partition coefficient (Wildman–Crippen LogP) is 4.42. The average Bonchev–Trinajstić information content (AvgIpc) is 3.29. The summed E-state index contributed by atoms with van der Waals surface area (Å²) >= 11 is 0. The number of hydrogen-bond donors (Lipinski definition) is 1. The minimum Gasteiger partial charge on any atom is -0.378 e. The van der Waals surface area contributed by atoms with Crippen LogP contribution in [0.1, 0.15) is 11.1 Å². The molecule has 5 nitrogen and oxygen atoms in total. The summed E-state index contributed by atoms with van der Waals surface area (Å²) in [5, 5.41) is 3.05. The molecule has 1 aliphatic heterocycles. The van der Waals surface area contributed by atoms with Crippen LogP contribution in [0.2, 0.25) is 0 Å². The van der Waals surface area contributed by atoms with Crippen LogP contribution < -0.4 is 10.2 Å². The van der Waals surface area contributed by atoms with Crippen LogP contribution in [0, 0.1) is 0 Å². The summed E-state index contributed by atoms with van der Waals surface area (Å²) in [6, 6.07) is 20.6. The highest BCUT2D eigenvalue weighted by molar-refractivity contribution is 5.81. The van der Waals surface area contributed by atoms with Crippen LogP contribution in [0.15, 0.2) is 79.1 Å². The van der Waals surface area contributed by atoms with Crippen LogP contribution in [-0.2, 0) is 6.54 Å². The fourth-order valence-electron chi connectivity index (χ4n) is 3.58. The number of anilines is 1. The Morgan fingerprint density at radius 2 is 1.83 bits per heavy atom. The zero-order valence-corrected chi connectivity index (χ0v) is 17.4. The molecule has 1 aromatic heterocycles. The van der Waals surface area contributed by atoms with E-state index in [2.05, 4.69) is 57.7 Å². The van der Waals surface area contributed by atoms with Crippen molar-refractivity contribution in [1.29, 1.82) is 0 Å². The molecule has 0 spiro atoms. The number of carbonyl (C=O) groups is 1. The van der Waals surface area contributed by atoms with E-state index in [4.69, 9.17) is 0 Å². The number of benzene rings is 2. The Hall–Kier alpha value is -3.60. The highest BCUT2D eigenvalue weighted by atomic mass is 16.2. The van der Waals surface area contributed by atoms with Crippen LogP contribution in [0.25, 0.3) is 16.7 Å². The van der Waals surface area contributed by atoms with Gasteiger partial charge < -0.3 is 15.1 Å². The van der Waals surface area contributed by atoms with Crippen molar-refractivity contribution in [3.63, 3.8) is 0 Å². The highest BCUT2D eigenvalue weighted by Gasteiger charge is 2.20. The van der Waals surface area contributed by atoms with Gasteiger partial charge in [-0.05, 0) is 52.1 Å². The van der Waals surface area contributed by atoms with E-state index in [9.17, 15) is 4.79 Å². The second-order valence-electron chi connectivity index (χ2n) is 7.65. The molecular weight excluding hydrogens is 372 g/mol. The van der Waals surface area contributed by atoms with Gasteiger partial charge in [0.05, 0.1) is 0 Å². The summed E-state index contributed by atoms with van der Waals surface area (Å²) in [6.45, 7) is 1.76. The Morgan fingerprint density at radius 1 is 1.03 bits per heavy atom. The predicted molar refractivity (Wildman–Crippen MR) is 122 cm³/mol. The topological polar surface area (TPSA) is 48.5 Å². The molecule has 2 amide bonds. The fourth-order valence-corrected chi connectivity index (χ4v) is 3.58. The molecule has 1 N–H and O–H groups in total. The molecule has 5 heteroatoms. The van der Waals surface area contributed by atoms with Crippen molar-refractivity contribution in [3.05, 3.63) is 90.3 Å². The summed E-state index contributed by atoms with van der Waals surface area (Å²) in [5.41, 5.74) is 6.76. The standard InChI is InChI=1S/C25H26N4O/c1-28(2)24-10-8-20(9-11-24)23-12-14-29(18-23)25(30)27-16-19-5-3-6-21(15-19)22-7-4-13-26-17-22/h3-13,15,17H,14,16,18H2,1-2H3,(H,27,30). The molecule has 0 fully saturated rings. The largest absolute Gasteiger partial charge is 0.378 e. The second kappa shape index (κ2) is 8.82. The van der Waals surface area contributed by atoms with Gasteiger partial charge in [-0.1, -0.05) is 42.5 Å². The summed E-state index contributed by atoms with van der Waals surface area (Å²) in [4.78, 5) is 20.7. The number of nitrogens with zero attached hydrogens (tertiary/aromatic N) is 3. The van der Waals surface area contributed by atoms with Crippen molar-refractivity contribution >= 4 is 17.3 Å². The van der Waals surface area contributed by atoms with E-state index in [1.54, 1.807) is 6.20 Å². The molecule has 0 aliphatic carbocycles. The monoisotopic (exact) mass is 398 g/mol. The number of rotatable bonds is 5. The second-order valence-corrected chi connectivity index (χ2v) is 7.65. The molecule has 0 saturated carbocycles. The minimum atomic E-state index is -0.0436. The first kappa shape index (κ1) is 19.7. The minimum absolute atomic E-state index is 0.0436. The van der Waals surface area contributed by atoms with Gasteiger partial charge in [-0.15, -0.1) is 0 Å². The first-order valence-corrected chi connectivity index (χ1v) is 10.1. The third-order valence-corrected chi connectivity index (χ3v) is 5.33. The fraction of sp³-hybridized carbons (Fsp3) is 0.200. The van der Waals surface area contributed by atoms with Gasteiger partial charge in [-0.25, -0.2) is 4.79 Å². The van der Waals surface area contributed by atoms with Gasteiger partial charge in [-0.2, -0.15) is 0 Å². The lowest BCUT2D eigenvalue weighted by Gasteiger charge is -2.18. The van der Waals surface area contributed by atoms with E-state index in [0.717, 1.165) is 16.7 Å². The van der Waals surface area contributed by atoms with Crippen molar-refractivity contribution in [3.8, 4) is 11.1 Å². The molecule has 0 atom stereocenters. The van der Waals surface area contributed by atoms with Crippen molar-refractivity contribution in [1.82, 2.24) is 15.2 Å². The smallest absolute Gasteiger partial charge is 0.318 e. The third-order valence-electron chi connectivity index (χ3n) is 5.33. The number of nitrogens with one attached hydrogen (secondary N) is 1.